The van der Waals surface area contributed by atoms with E-state index in [1.807, 2.05) is 24.3 Å². The smallest absolute Gasteiger partial charge is 0.341 e. The molecule has 0 saturated carbocycles. The molecule has 0 amide bonds. The Balaban J connectivity index is 2.00. The Labute approximate surface area is 167 Å². The first-order valence-electron chi connectivity index (χ1n) is 9.16. The van der Waals surface area contributed by atoms with Crippen LogP contribution in [0.4, 0.5) is 0 Å². The van der Waals surface area contributed by atoms with Crippen molar-refractivity contribution in [3.05, 3.63) is 65.2 Å². The average Bonchev–Trinajstić information content (AvgIpc) is 2.73. The quantitative estimate of drug-likeness (QED) is 0.437. The van der Waals surface area contributed by atoms with Gasteiger partial charge in [-0.2, -0.15) is 0 Å². The molecule has 2 aromatic carbocycles. The molecule has 150 valence electrons. The van der Waals surface area contributed by atoms with Gasteiger partial charge in [-0.1, -0.05) is 50.2 Å². The molecule has 0 atom stereocenters. The molecule has 0 aromatic heterocycles. The summed E-state index contributed by atoms with van der Waals surface area (Å²) >= 11 is 0. The van der Waals surface area contributed by atoms with Gasteiger partial charge in [-0.15, -0.1) is 0 Å². The number of esters is 1. The van der Waals surface area contributed by atoms with Gasteiger partial charge in [0.15, 0.2) is 5.96 Å². The van der Waals surface area contributed by atoms with Gasteiger partial charge in [0.25, 0.3) is 0 Å². The molecule has 2 N–H and O–H groups in total. The van der Waals surface area contributed by atoms with Gasteiger partial charge in [-0.3, -0.25) is 4.99 Å². The van der Waals surface area contributed by atoms with E-state index in [4.69, 9.17) is 9.47 Å². The number of ether oxygens (including phenoxy) is 2. The maximum absolute atomic E-state index is 11.9. The maximum Gasteiger partial charge on any atom is 0.341 e. The van der Waals surface area contributed by atoms with Crippen molar-refractivity contribution < 1.29 is 14.3 Å². The molecule has 0 unspecified atom stereocenters. The number of nitrogens with zero attached hydrogens (tertiary/aromatic N) is 1. The van der Waals surface area contributed by atoms with Gasteiger partial charge >= 0.3 is 5.97 Å². The summed E-state index contributed by atoms with van der Waals surface area (Å²) in [6.07, 6.45) is 0. The third-order valence-corrected chi connectivity index (χ3v) is 4.61. The third kappa shape index (κ3) is 5.49. The summed E-state index contributed by atoms with van der Waals surface area (Å²) in [4.78, 5) is 16.2. The minimum absolute atomic E-state index is 0.0446. The molecule has 0 spiro atoms. The Hall–Kier alpha value is -3.02. The molecule has 0 saturated heterocycles. The van der Waals surface area contributed by atoms with E-state index in [2.05, 4.69) is 41.6 Å². The number of methoxy groups -OCH3 is 2. The molecule has 0 aliphatic rings. The highest BCUT2D eigenvalue weighted by Crippen LogP contribution is 2.22. The molecule has 0 radical (unpaired) electrons. The van der Waals surface area contributed by atoms with Gasteiger partial charge in [0, 0.05) is 25.6 Å². The molecule has 28 heavy (non-hydrogen) atoms. The van der Waals surface area contributed by atoms with Crippen molar-refractivity contribution >= 4 is 11.9 Å². The van der Waals surface area contributed by atoms with Gasteiger partial charge in [0.05, 0.1) is 14.2 Å². The number of nitrogens with one attached hydrogen (secondary N) is 2. The van der Waals surface area contributed by atoms with Crippen LogP contribution in [0.3, 0.4) is 0 Å². The molecule has 0 heterocycles. The first-order valence-corrected chi connectivity index (χ1v) is 9.16. The van der Waals surface area contributed by atoms with Crippen LogP contribution in [0.5, 0.6) is 5.75 Å². The van der Waals surface area contributed by atoms with Crippen molar-refractivity contribution in [2.24, 2.45) is 4.99 Å². The van der Waals surface area contributed by atoms with Crippen LogP contribution in [0.15, 0.2) is 53.5 Å². The summed E-state index contributed by atoms with van der Waals surface area (Å²) in [5.74, 6) is 0.757. The first-order chi connectivity index (χ1) is 13.4. The van der Waals surface area contributed by atoms with Gasteiger partial charge < -0.3 is 20.1 Å². The monoisotopic (exact) mass is 383 g/mol. The molecule has 2 rings (SSSR count). The highest BCUT2D eigenvalue weighted by Gasteiger charge is 2.20. The molecule has 6 heteroatoms. The molecular weight excluding hydrogens is 354 g/mol. The largest absolute Gasteiger partial charge is 0.496 e. The van der Waals surface area contributed by atoms with Crippen LogP contribution >= 0.6 is 0 Å². The number of aliphatic imine (C=N–C) groups is 1. The zero-order valence-electron chi connectivity index (χ0n) is 17.2. The predicted molar refractivity (Wildman–Crippen MR) is 112 cm³/mol. The van der Waals surface area contributed by atoms with Crippen molar-refractivity contribution in [1.82, 2.24) is 10.6 Å². The minimum atomic E-state index is -0.425. The Morgan fingerprint density at radius 1 is 1.07 bits per heavy atom. The minimum Gasteiger partial charge on any atom is -0.496 e. The number of guanidine groups is 1. The van der Waals surface area contributed by atoms with Gasteiger partial charge in [-0.05, 0) is 23.3 Å². The van der Waals surface area contributed by atoms with Crippen molar-refractivity contribution in [2.75, 3.05) is 27.8 Å². The van der Waals surface area contributed by atoms with E-state index in [1.165, 1.54) is 19.8 Å². The van der Waals surface area contributed by atoms with Crippen LogP contribution in [0.2, 0.25) is 0 Å². The topological polar surface area (TPSA) is 72.0 Å². The summed E-state index contributed by atoms with van der Waals surface area (Å²) < 4.78 is 10.1. The third-order valence-electron chi connectivity index (χ3n) is 4.61. The lowest BCUT2D eigenvalue weighted by atomic mass is 9.85. The van der Waals surface area contributed by atoms with Gasteiger partial charge in [-0.25, -0.2) is 4.79 Å². The van der Waals surface area contributed by atoms with Crippen molar-refractivity contribution in [2.45, 2.75) is 25.8 Å². The molecule has 0 aliphatic heterocycles. The van der Waals surface area contributed by atoms with E-state index < -0.39 is 5.97 Å². The number of carbonyl (C=O) groups is 1. The number of hydrogen-bond acceptors (Lipinski definition) is 4. The van der Waals surface area contributed by atoms with Crippen LogP contribution in [0.1, 0.15) is 35.3 Å². The Bertz CT molecular complexity index is 817. The Kier molecular flexibility index (Phi) is 7.44. The molecule has 0 aliphatic carbocycles. The fourth-order valence-electron chi connectivity index (χ4n) is 2.84. The fourth-order valence-corrected chi connectivity index (χ4v) is 2.84. The lowest BCUT2D eigenvalue weighted by molar-refractivity contribution is 0.0597. The van der Waals surface area contributed by atoms with Gasteiger partial charge in [0.2, 0.25) is 0 Å². The fraction of sp³-hybridized carbons (Fsp3) is 0.364. The van der Waals surface area contributed by atoms with Crippen LogP contribution < -0.4 is 15.4 Å². The van der Waals surface area contributed by atoms with Crippen LogP contribution in [0.25, 0.3) is 0 Å². The SMILES string of the molecule is CN=C(NCc1ccc(OC)c(C(=O)OC)c1)NCC(C)(C)c1ccccc1. The Morgan fingerprint density at radius 3 is 2.39 bits per heavy atom. The number of benzene rings is 2. The van der Waals surface area contributed by atoms with Gasteiger partial charge in [0.1, 0.15) is 11.3 Å². The Morgan fingerprint density at radius 2 is 1.79 bits per heavy atom. The van der Waals surface area contributed by atoms with Crippen LogP contribution in [0, 0.1) is 0 Å². The number of carbonyl (C=O) groups excluding carboxylic acids is 1. The van der Waals surface area contributed by atoms with Crippen molar-refractivity contribution in [1.29, 1.82) is 0 Å². The zero-order chi connectivity index (χ0) is 20.6. The summed E-state index contributed by atoms with van der Waals surface area (Å²) in [5, 5.41) is 6.65. The lowest BCUT2D eigenvalue weighted by Gasteiger charge is -2.26. The molecule has 0 bridgehead atoms. The van der Waals surface area contributed by atoms with E-state index in [-0.39, 0.29) is 5.41 Å². The lowest BCUT2D eigenvalue weighted by Crippen LogP contribution is -2.43. The molecule has 0 fully saturated rings. The summed E-state index contributed by atoms with van der Waals surface area (Å²) in [6, 6.07) is 15.8. The highest BCUT2D eigenvalue weighted by molar-refractivity contribution is 5.92. The van der Waals surface area contributed by atoms with E-state index in [9.17, 15) is 4.79 Å². The summed E-state index contributed by atoms with van der Waals surface area (Å²) in [5.41, 5.74) is 2.54. The number of hydrogen-bond donors (Lipinski definition) is 2. The summed E-state index contributed by atoms with van der Waals surface area (Å²) in [7, 11) is 4.62. The second-order valence-electron chi connectivity index (χ2n) is 7.06. The maximum atomic E-state index is 11.9. The normalized spacial score (nSPS) is 11.7. The molecule has 6 nitrogen and oxygen atoms in total. The van der Waals surface area contributed by atoms with Crippen molar-refractivity contribution in [3.8, 4) is 5.75 Å². The van der Waals surface area contributed by atoms with E-state index in [1.54, 1.807) is 19.2 Å². The van der Waals surface area contributed by atoms with E-state index in [0.717, 1.165) is 12.1 Å². The zero-order valence-corrected chi connectivity index (χ0v) is 17.2. The van der Waals surface area contributed by atoms with Crippen LogP contribution in [-0.2, 0) is 16.7 Å². The highest BCUT2D eigenvalue weighted by atomic mass is 16.5. The van der Waals surface area contributed by atoms with E-state index >= 15 is 0 Å². The number of rotatable bonds is 7. The standard InChI is InChI=1S/C22H29N3O3/c1-22(2,17-9-7-6-8-10-17)15-25-21(23-3)24-14-16-11-12-19(27-4)18(13-16)20(26)28-5/h6-13H,14-15H2,1-5H3,(H2,23,24,25). The molecule has 2 aromatic rings. The average molecular weight is 383 g/mol. The van der Waals surface area contributed by atoms with Crippen LogP contribution in [-0.4, -0.2) is 39.7 Å². The molecular formula is C22H29N3O3. The predicted octanol–water partition coefficient (Wildman–Crippen LogP) is 3.12. The second kappa shape index (κ2) is 9.78. The van der Waals surface area contributed by atoms with E-state index in [0.29, 0.717) is 23.8 Å². The second-order valence-corrected chi connectivity index (χ2v) is 7.06. The first kappa shape index (κ1) is 21.3. The van der Waals surface area contributed by atoms with Crippen molar-refractivity contribution in [3.63, 3.8) is 0 Å². The summed E-state index contributed by atoms with van der Waals surface area (Å²) in [6.45, 7) is 5.62.